The van der Waals surface area contributed by atoms with Gasteiger partial charge in [0.2, 0.25) is 5.91 Å². The van der Waals surface area contributed by atoms with Crippen molar-refractivity contribution < 1.29 is 9.53 Å². The zero-order valence-electron chi connectivity index (χ0n) is 8.58. The van der Waals surface area contributed by atoms with Gasteiger partial charge in [0.25, 0.3) is 0 Å². The summed E-state index contributed by atoms with van der Waals surface area (Å²) >= 11 is 0. The maximum Gasteiger partial charge on any atom is 0.219 e. The van der Waals surface area contributed by atoms with E-state index in [1.807, 2.05) is 7.05 Å². The summed E-state index contributed by atoms with van der Waals surface area (Å²) in [4.78, 5) is 12.6. The Balaban J connectivity index is 2.13. The van der Waals surface area contributed by atoms with Crippen LogP contribution in [0.15, 0.2) is 0 Å². The number of amides is 1. The number of rotatable bonds is 3. The number of carbonyl (C=O) groups excluding carboxylic acids is 1. The van der Waals surface area contributed by atoms with Crippen LogP contribution in [0.1, 0.15) is 32.6 Å². The quantitative estimate of drug-likeness (QED) is 0.665. The summed E-state index contributed by atoms with van der Waals surface area (Å²) in [5.41, 5.74) is 0. The average molecular weight is 185 g/mol. The molecule has 1 aliphatic heterocycles. The predicted octanol–water partition coefficient (Wildman–Crippen LogP) is 1.42. The lowest BCUT2D eigenvalue weighted by Gasteiger charge is -2.24. The normalized spacial score (nSPS) is 22.8. The Kier molecular flexibility index (Phi) is 4.22. The van der Waals surface area contributed by atoms with Crippen molar-refractivity contribution in [2.45, 2.75) is 38.7 Å². The number of nitrogens with zero attached hydrogens (tertiary/aromatic N) is 1. The molecule has 1 saturated heterocycles. The van der Waals surface area contributed by atoms with Gasteiger partial charge in [0.1, 0.15) is 0 Å². The maximum atomic E-state index is 10.9. The van der Waals surface area contributed by atoms with E-state index in [4.69, 9.17) is 4.74 Å². The van der Waals surface area contributed by atoms with E-state index in [-0.39, 0.29) is 5.91 Å². The fraction of sp³-hybridized carbons (Fsp3) is 0.900. The Hall–Kier alpha value is -0.570. The van der Waals surface area contributed by atoms with E-state index in [1.165, 1.54) is 12.8 Å². The van der Waals surface area contributed by atoms with Gasteiger partial charge in [-0.05, 0) is 25.7 Å². The van der Waals surface area contributed by atoms with Gasteiger partial charge in [-0.25, -0.2) is 0 Å². The lowest BCUT2D eigenvalue weighted by molar-refractivity contribution is -0.128. The van der Waals surface area contributed by atoms with Crippen LogP contribution in [0.2, 0.25) is 0 Å². The Morgan fingerprint density at radius 2 is 2.31 bits per heavy atom. The molecule has 0 N–H and O–H groups in total. The minimum Gasteiger partial charge on any atom is -0.378 e. The van der Waals surface area contributed by atoms with E-state index >= 15 is 0 Å². The first-order valence-corrected chi connectivity index (χ1v) is 5.03. The van der Waals surface area contributed by atoms with Crippen LogP contribution >= 0.6 is 0 Å². The molecule has 0 aromatic heterocycles. The Morgan fingerprint density at radius 1 is 1.54 bits per heavy atom. The highest BCUT2D eigenvalue weighted by atomic mass is 16.5. The Labute approximate surface area is 80.1 Å². The summed E-state index contributed by atoms with van der Waals surface area (Å²) in [7, 11) is 1.84. The smallest absolute Gasteiger partial charge is 0.219 e. The SMILES string of the molecule is CC(=O)N(C)CCC1CCCCO1. The highest BCUT2D eigenvalue weighted by Crippen LogP contribution is 2.15. The van der Waals surface area contributed by atoms with Gasteiger partial charge < -0.3 is 9.64 Å². The van der Waals surface area contributed by atoms with E-state index in [9.17, 15) is 4.79 Å². The van der Waals surface area contributed by atoms with Gasteiger partial charge >= 0.3 is 0 Å². The van der Waals surface area contributed by atoms with Crippen molar-refractivity contribution in [1.29, 1.82) is 0 Å². The molecule has 1 unspecified atom stereocenters. The van der Waals surface area contributed by atoms with E-state index < -0.39 is 0 Å². The van der Waals surface area contributed by atoms with Crippen molar-refractivity contribution in [2.75, 3.05) is 20.2 Å². The Bertz CT molecular complexity index is 164. The van der Waals surface area contributed by atoms with E-state index in [0.717, 1.165) is 26.0 Å². The van der Waals surface area contributed by atoms with Gasteiger partial charge in [-0.15, -0.1) is 0 Å². The minimum absolute atomic E-state index is 0.135. The summed E-state index contributed by atoms with van der Waals surface area (Å²) in [5.74, 6) is 0.135. The number of hydrogen-bond donors (Lipinski definition) is 0. The summed E-state index contributed by atoms with van der Waals surface area (Å²) < 4.78 is 5.57. The van der Waals surface area contributed by atoms with Gasteiger partial charge in [-0.1, -0.05) is 0 Å². The second kappa shape index (κ2) is 5.22. The largest absolute Gasteiger partial charge is 0.378 e. The number of hydrogen-bond acceptors (Lipinski definition) is 2. The van der Waals surface area contributed by atoms with Gasteiger partial charge in [0.05, 0.1) is 6.10 Å². The lowest BCUT2D eigenvalue weighted by Crippen LogP contribution is -2.29. The summed E-state index contributed by atoms with van der Waals surface area (Å²) in [5, 5.41) is 0. The molecule has 1 aliphatic rings. The van der Waals surface area contributed by atoms with Crippen molar-refractivity contribution in [3.8, 4) is 0 Å². The molecule has 0 aromatic carbocycles. The standard InChI is InChI=1S/C10H19NO2/c1-9(12)11(2)7-6-10-5-3-4-8-13-10/h10H,3-8H2,1-2H3. The highest BCUT2D eigenvalue weighted by molar-refractivity contribution is 5.72. The molecule has 1 heterocycles. The fourth-order valence-electron chi connectivity index (χ4n) is 1.53. The van der Waals surface area contributed by atoms with Crippen LogP contribution in [0.4, 0.5) is 0 Å². The van der Waals surface area contributed by atoms with Crippen molar-refractivity contribution in [2.24, 2.45) is 0 Å². The van der Waals surface area contributed by atoms with Crippen LogP contribution in [-0.2, 0) is 9.53 Å². The molecule has 0 radical (unpaired) electrons. The molecule has 1 atom stereocenters. The molecule has 3 heteroatoms. The topological polar surface area (TPSA) is 29.5 Å². The second-order valence-electron chi connectivity index (χ2n) is 3.72. The molecular weight excluding hydrogens is 166 g/mol. The summed E-state index contributed by atoms with van der Waals surface area (Å²) in [6.45, 7) is 3.32. The molecule has 0 bridgehead atoms. The third kappa shape index (κ3) is 3.77. The van der Waals surface area contributed by atoms with Crippen molar-refractivity contribution >= 4 is 5.91 Å². The van der Waals surface area contributed by atoms with Crippen molar-refractivity contribution in [3.05, 3.63) is 0 Å². The van der Waals surface area contributed by atoms with Crippen LogP contribution in [0.25, 0.3) is 0 Å². The summed E-state index contributed by atoms with van der Waals surface area (Å²) in [6.07, 6.45) is 4.99. The fourth-order valence-corrected chi connectivity index (χ4v) is 1.53. The molecule has 0 saturated carbocycles. The van der Waals surface area contributed by atoms with Crippen LogP contribution in [0.3, 0.4) is 0 Å². The third-order valence-corrected chi connectivity index (χ3v) is 2.60. The first-order valence-electron chi connectivity index (χ1n) is 5.03. The predicted molar refractivity (Wildman–Crippen MR) is 51.5 cm³/mol. The Morgan fingerprint density at radius 3 is 2.85 bits per heavy atom. The summed E-state index contributed by atoms with van der Waals surface area (Å²) in [6, 6.07) is 0. The third-order valence-electron chi connectivity index (χ3n) is 2.60. The molecule has 13 heavy (non-hydrogen) atoms. The minimum atomic E-state index is 0.135. The maximum absolute atomic E-state index is 10.9. The van der Waals surface area contributed by atoms with Crippen LogP contribution in [0.5, 0.6) is 0 Å². The van der Waals surface area contributed by atoms with E-state index in [1.54, 1.807) is 11.8 Å². The highest BCUT2D eigenvalue weighted by Gasteiger charge is 2.14. The van der Waals surface area contributed by atoms with Gasteiger partial charge in [-0.2, -0.15) is 0 Å². The molecule has 1 rings (SSSR count). The number of carbonyl (C=O) groups is 1. The molecule has 1 amide bonds. The molecule has 0 spiro atoms. The van der Waals surface area contributed by atoms with E-state index in [2.05, 4.69) is 0 Å². The zero-order chi connectivity index (χ0) is 9.68. The first-order chi connectivity index (χ1) is 6.20. The van der Waals surface area contributed by atoms with Crippen molar-refractivity contribution in [3.63, 3.8) is 0 Å². The second-order valence-corrected chi connectivity index (χ2v) is 3.72. The van der Waals surface area contributed by atoms with Gasteiger partial charge in [0, 0.05) is 27.1 Å². The molecular formula is C10H19NO2. The van der Waals surface area contributed by atoms with Gasteiger partial charge in [-0.3, -0.25) is 4.79 Å². The van der Waals surface area contributed by atoms with E-state index in [0.29, 0.717) is 6.10 Å². The molecule has 3 nitrogen and oxygen atoms in total. The lowest BCUT2D eigenvalue weighted by atomic mass is 10.1. The zero-order valence-corrected chi connectivity index (χ0v) is 8.58. The van der Waals surface area contributed by atoms with Gasteiger partial charge in [0.15, 0.2) is 0 Å². The molecule has 1 fully saturated rings. The number of ether oxygens (including phenoxy) is 1. The van der Waals surface area contributed by atoms with Crippen LogP contribution < -0.4 is 0 Å². The van der Waals surface area contributed by atoms with Crippen molar-refractivity contribution in [1.82, 2.24) is 4.90 Å². The first kappa shape index (κ1) is 10.5. The van der Waals surface area contributed by atoms with Crippen LogP contribution in [-0.4, -0.2) is 37.1 Å². The van der Waals surface area contributed by atoms with Crippen LogP contribution in [0, 0.1) is 0 Å². The monoisotopic (exact) mass is 185 g/mol. The average Bonchev–Trinajstić information content (AvgIpc) is 2.15. The molecule has 0 aromatic rings. The molecule has 0 aliphatic carbocycles. The molecule has 76 valence electrons.